The van der Waals surface area contributed by atoms with Crippen molar-refractivity contribution in [1.29, 1.82) is 0 Å². The minimum absolute atomic E-state index is 0.110. The largest absolute Gasteiger partial charge is 0.476 e. The van der Waals surface area contributed by atoms with E-state index in [1.165, 1.54) is 27.4 Å². The zero-order valence-corrected chi connectivity index (χ0v) is 19.4. The van der Waals surface area contributed by atoms with Crippen molar-refractivity contribution in [3.8, 4) is 5.75 Å². The fourth-order valence-corrected chi connectivity index (χ4v) is 5.35. The average Bonchev–Trinajstić information content (AvgIpc) is 3.06. The van der Waals surface area contributed by atoms with Crippen LogP contribution in [0.25, 0.3) is 0 Å². The van der Waals surface area contributed by atoms with Gasteiger partial charge < -0.3 is 4.74 Å². The van der Waals surface area contributed by atoms with Gasteiger partial charge in [-0.3, -0.25) is 14.4 Å². The highest BCUT2D eigenvalue weighted by atomic mass is 32.2. The fraction of sp³-hybridized carbons (Fsp3) is 0.500. The molecule has 1 aromatic heterocycles. The number of carbonyl (C=O) groups is 1. The summed E-state index contributed by atoms with van der Waals surface area (Å²) < 4.78 is 32.7. The van der Waals surface area contributed by atoms with Crippen LogP contribution < -0.4 is 14.4 Å². The number of ether oxygens (including phenoxy) is 1. The molecule has 0 bridgehead atoms. The van der Waals surface area contributed by atoms with Gasteiger partial charge in [-0.05, 0) is 28.9 Å². The summed E-state index contributed by atoms with van der Waals surface area (Å²) in [4.78, 5) is 12.7. The first-order valence-electron chi connectivity index (χ1n) is 9.05. The Morgan fingerprint density at radius 2 is 2.10 bits per heavy atom. The number of sulfonamides is 1. The molecule has 11 heteroatoms. The maximum Gasteiger partial charge on any atom is 0.269 e. The van der Waals surface area contributed by atoms with E-state index in [9.17, 15) is 13.2 Å². The zero-order valence-electron chi connectivity index (χ0n) is 16.9. The van der Waals surface area contributed by atoms with E-state index in [1.807, 2.05) is 39.8 Å². The normalized spacial score (nSPS) is 16.9. The number of anilines is 2. The van der Waals surface area contributed by atoms with E-state index in [0.29, 0.717) is 16.6 Å². The molecular weight excluding hydrogens is 432 g/mol. The minimum Gasteiger partial charge on any atom is -0.476 e. The van der Waals surface area contributed by atoms with Crippen LogP contribution >= 0.6 is 23.1 Å². The first kappa shape index (κ1) is 21.8. The Hall–Kier alpha value is -1.85. The van der Waals surface area contributed by atoms with E-state index in [-0.39, 0.29) is 12.0 Å². The van der Waals surface area contributed by atoms with Gasteiger partial charge in [-0.1, -0.05) is 56.9 Å². The minimum atomic E-state index is -3.60. The van der Waals surface area contributed by atoms with E-state index in [2.05, 4.69) is 15.5 Å². The van der Waals surface area contributed by atoms with Gasteiger partial charge in [0.05, 0.1) is 18.5 Å². The summed E-state index contributed by atoms with van der Waals surface area (Å²) >= 11 is 2.80. The zero-order chi connectivity index (χ0) is 21.4. The smallest absolute Gasteiger partial charge is 0.269 e. The third-order valence-electron chi connectivity index (χ3n) is 4.29. The van der Waals surface area contributed by atoms with Crippen LogP contribution in [0.5, 0.6) is 5.75 Å². The summed E-state index contributed by atoms with van der Waals surface area (Å²) in [7, 11) is -3.60. The number of nitrogens with zero attached hydrogens (tertiary/aromatic N) is 3. The van der Waals surface area contributed by atoms with Crippen molar-refractivity contribution < 1.29 is 17.9 Å². The molecule has 2 aromatic rings. The predicted molar refractivity (Wildman–Crippen MR) is 117 cm³/mol. The molecular formula is C18H24N4O4S3. The summed E-state index contributed by atoms with van der Waals surface area (Å²) in [6.07, 6.45) is 0.128. The fourth-order valence-electron chi connectivity index (χ4n) is 2.80. The molecule has 0 saturated heterocycles. The molecule has 1 amide bonds. The lowest BCUT2D eigenvalue weighted by Crippen LogP contribution is -2.48. The number of hydrogen-bond acceptors (Lipinski definition) is 8. The molecule has 0 spiro atoms. The van der Waals surface area contributed by atoms with Crippen LogP contribution in [0, 0.1) is 0 Å². The molecule has 1 aliphatic rings. The van der Waals surface area contributed by atoms with Crippen molar-refractivity contribution in [1.82, 2.24) is 10.2 Å². The number of thioether (sulfide) groups is 1. The van der Waals surface area contributed by atoms with Crippen molar-refractivity contribution in [3.63, 3.8) is 0 Å². The van der Waals surface area contributed by atoms with Gasteiger partial charge in [0, 0.05) is 0 Å². The van der Waals surface area contributed by atoms with Crippen molar-refractivity contribution in [2.45, 2.75) is 43.6 Å². The van der Waals surface area contributed by atoms with Gasteiger partial charge in [0.2, 0.25) is 15.2 Å². The standard InChI is InChI=1S/C18H24N4O4S3/c1-6-27-17-21-20-16(28-17)19-15(23)14-10-22(29(5,24)25)12-9-11(18(2,3)4)7-8-13(12)26-14/h7-9,14H,6,10H2,1-5H3,(H,19,20,23). The number of rotatable bonds is 5. The summed E-state index contributed by atoms with van der Waals surface area (Å²) in [5, 5.41) is 11.0. The van der Waals surface area contributed by atoms with Gasteiger partial charge in [0.1, 0.15) is 5.75 Å². The van der Waals surface area contributed by atoms with Gasteiger partial charge >= 0.3 is 0 Å². The Morgan fingerprint density at radius 3 is 2.72 bits per heavy atom. The SMILES string of the molecule is CCSc1nnc(NC(=O)C2CN(S(C)(=O)=O)c3cc(C(C)(C)C)ccc3O2)s1. The Kier molecular flexibility index (Phi) is 6.11. The molecule has 1 unspecified atom stereocenters. The molecule has 0 aliphatic carbocycles. The molecule has 0 radical (unpaired) electrons. The third-order valence-corrected chi connectivity index (χ3v) is 7.29. The van der Waals surface area contributed by atoms with Gasteiger partial charge in [-0.2, -0.15) is 0 Å². The number of benzene rings is 1. The molecule has 0 saturated carbocycles. The lowest BCUT2D eigenvalue weighted by molar-refractivity contribution is -0.122. The maximum atomic E-state index is 12.7. The molecule has 158 valence electrons. The molecule has 2 heterocycles. The van der Waals surface area contributed by atoms with Crippen molar-refractivity contribution >= 4 is 49.8 Å². The molecule has 29 heavy (non-hydrogen) atoms. The van der Waals surface area contributed by atoms with Crippen LogP contribution in [0.3, 0.4) is 0 Å². The van der Waals surface area contributed by atoms with Gasteiger partial charge in [0.15, 0.2) is 10.4 Å². The predicted octanol–water partition coefficient (Wildman–Crippen LogP) is 3.11. The monoisotopic (exact) mass is 456 g/mol. The number of nitrogens with one attached hydrogen (secondary N) is 1. The first-order valence-corrected chi connectivity index (χ1v) is 12.7. The van der Waals surface area contributed by atoms with Gasteiger partial charge in [-0.15, -0.1) is 10.2 Å². The van der Waals surface area contributed by atoms with E-state index >= 15 is 0 Å². The molecule has 1 atom stereocenters. The van der Waals surface area contributed by atoms with E-state index in [0.717, 1.165) is 21.9 Å². The Morgan fingerprint density at radius 1 is 1.38 bits per heavy atom. The summed E-state index contributed by atoms with van der Waals surface area (Å²) in [5.41, 5.74) is 1.27. The number of aromatic nitrogens is 2. The molecule has 3 rings (SSSR count). The highest BCUT2D eigenvalue weighted by Crippen LogP contribution is 2.38. The Labute approximate surface area is 179 Å². The second-order valence-electron chi connectivity index (χ2n) is 7.63. The Balaban J connectivity index is 1.87. The van der Waals surface area contributed by atoms with Crippen molar-refractivity contribution in [2.24, 2.45) is 0 Å². The molecule has 1 N–H and O–H groups in total. The third kappa shape index (κ3) is 5.01. The molecule has 1 aromatic carbocycles. The van der Waals surface area contributed by atoms with Crippen molar-refractivity contribution in [2.75, 3.05) is 28.2 Å². The van der Waals surface area contributed by atoms with Gasteiger partial charge in [-0.25, -0.2) is 8.42 Å². The highest BCUT2D eigenvalue weighted by Gasteiger charge is 2.36. The lowest BCUT2D eigenvalue weighted by Gasteiger charge is -2.35. The van der Waals surface area contributed by atoms with E-state index in [4.69, 9.17) is 4.74 Å². The van der Waals surface area contributed by atoms with Crippen LogP contribution in [0.2, 0.25) is 0 Å². The number of carbonyl (C=O) groups excluding carboxylic acids is 1. The topological polar surface area (TPSA) is 101 Å². The molecule has 0 fully saturated rings. The summed E-state index contributed by atoms with van der Waals surface area (Å²) in [5.74, 6) is 0.744. The summed E-state index contributed by atoms with van der Waals surface area (Å²) in [6, 6.07) is 5.41. The number of fused-ring (bicyclic) bond motifs is 1. The molecule has 8 nitrogen and oxygen atoms in total. The van der Waals surface area contributed by atoms with Crippen LogP contribution in [0.4, 0.5) is 10.8 Å². The number of hydrogen-bond donors (Lipinski definition) is 1. The maximum absolute atomic E-state index is 12.7. The summed E-state index contributed by atoms with van der Waals surface area (Å²) in [6.45, 7) is 8.04. The van der Waals surface area contributed by atoms with Crippen LogP contribution in [-0.2, 0) is 20.2 Å². The van der Waals surface area contributed by atoms with Crippen LogP contribution in [0.15, 0.2) is 22.5 Å². The van der Waals surface area contributed by atoms with Crippen LogP contribution in [-0.4, -0.2) is 49.2 Å². The Bertz CT molecular complexity index is 1010. The van der Waals surface area contributed by atoms with Crippen molar-refractivity contribution in [3.05, 3.63) is 23.8 Å². The number of amides is 1. The quantitative estimate of drug-likeness (QED) is 0.545. The molecule has 1 aliphatic heterocycles. The highest BCUT2D eigenvalue weighted by molar-refractivity contribution is 8.01. The second kappa shape index (κ2) is 8.11. The lowest BCUT2D eigenvalue weighted by atomic mass is 9.86. The average molecular weight is 457 g/mol. The second-order valence-corrected chi connectivity index (χ2v) is 12.0. The first-order chi connectivity index (χ1) is 13.5. The van der Waals surface area contributed by atoms with Crippen LogP contribution in [0.1, 0.15) is 33.3 Å². The van der Waals surface area contributed by atoms with E-state index in [1.54, 1.807) is 6.07 Å². The van der Waals surface area contributed by atoms with E-state index < -0.39 is 22.0 Å². The van der Waals surface area contributed by atoms with Gasteiger partial charge in [0.25, 0.3) is 5.91 Å².